The van der Waals surface area contributed by atoms with E-state index in [1.807, 2.05) is 34.9 Å². The summed E-state index contributed by atoms with van der Waals surface area (Å²) in [6.07, 6.45) is 1.73. The summed E-state index contributed by atoms with van der Waals surface area (Å²) >= 11 is 1.29. The molecule has 0 atom stereocenters. The van der Waals surface area contributed by atoms with E-state index in [1.54, 1.807) is 25.4 Å². The van der Waals surface area contributed by atoms with Gasteiger partial charge in [0.15, 0.2) is 5.16 Å². The fraction of sp³-hybridized carbons (Fsp3) is 0.158. The lowest BCUT2D eigenvalue weighted by Crippen LogP contribution is -2.20. The van der Waals surface area contributed by atoms with Gasteiger partial charge in [0.25, 0.3) is 0 Å². The second kappa shape index (κ2) is 8.68. The lowest BCUT2D eigenvalue weighted by atomic mass is 10.1. The molecule has 0 radical (unpaired) electrons. The van der Waals surface area contributed by atoms with E-state index < -0.39 is 6.61 Å². The predicted molar refractivity (Wildman–Crippen MR) is 100 cm³/mol. The Balaban J connectivity index is 1.99. The highest BCUT2D eigenvalue weighted by Crippen LogP contribution is 2.30. The number of halogens is 2. The first-order chi connectivity index (χ1) is 13.1. The predicted octanol–water partition coefficient (Wildman–Crippen LogP) is 3.98. The summed E-state index contributed by atoms with van der Waals surface area (Å²) < 4.78 is 31.0. The number of carbonyl (C=O) groups excluding carboxylic acids is 1. The number of ether oxygens (including phenoxy) is 1. The monoisotopic (exact) mass is 389 g/mol. The standard InChI is InChI=1S/C19H17F2N3O2S/c1-22-17(25)12-27-19-23-11-16(13-5-3-2-4-6-13)24(19)14-7-9-15(10-8-14)26-18(20)21/h2-11,18H,12H2,1H3,(H,22,25). The van der Waals surface area contributed by atoms with Crippen LogP contribution in [-0.4, -0.2) is 34.9 Å². The van der Waals surface area contributed by atoms with Crippen molar-refractivity contribution in [3.8, 4) is 22.7 Å². The number of hydrogen-bond acceptors (Lipinski definition) is 4. The van der Waals surface area contributed by atoms with Crippen LogP contribution in [0.1, 0.15) is 0 Å². The number of nitrogens with one attached hydrogen (secondary N) is 1. The van der Waals surface area contributed by atoms with Gasteiger partial charge in [-0.2, -0.15) is 8.78 Å². The van der Waals surface area contributed by atoms with E-state index in [0.29, 0.717) is 5.16 Å². The Hall–Kier alpha value is -2.87. The van der Waals surface area contributed by atoms with E-state index in [-0.39, 0.29) is 17.4 Å². The third kappa shape index (κ3) is 4.65. The largest absolute Gasteiger partial charge is 0.435 e. The topological polar surface area (TPSA) is 56.2 Å². The first-order valence-electron chi connectivity index (χ1n) is 8.10. The maximum Gasteiger partial charge on any atom is 0.387 e. The number of imidazole rings is 1. The molecule has 0 saturated heterocycles. The van der Waals surface area contributed by atoms with E-state index in [2.05, 4.69) is 15.0 Å². The fourth-order valence-electron chi connectivity index (χ4n) is 2.48. The molecule has 5 nitrogen and oxygen atoms in total. The van der Waals surface area contributed by atoms with Crippen LogP contribution in [0.4, 0.5) is 8.78 Å². The summed E-state index contributed by atoms with van der Waals surface area (Å²) in [6, 6.07) is 16.0. The van der Waals surface area contributed by atoms with Gasteiger partial charge in [-0.25, -0.2) is 4.98 Å². The van der Waals surface area contributed by atoms with Gasteiger partial charge in [-0.1, -0.05) is 42.1 Å². The Morgan fingerprint density at radius 2 is 1.89 bits per heavy atom. The molecule has 1 amide bonds. The summed E-state index contributed by atoms with van der Waals surface area (Å²) in [4.78, 5) is 16.0. The lowest BCUT2D eigenvalue weighted by molar-refractivity contribution is -0.118. The molecule has 1 heterocycles. The zero-order valence-corrected chi connectivity index (χ0v) is 15.2. The molecule has 0 saturated carbocycles. The molecule has 0 unspecified atom stereocenters. The summed E-state index contributed by atoms with van der Waals surface area (Å²) in [5, 5.41) is 3.20. The smallest absolute Gasteiger partial charge is 0.387 e. The molecule has 0 spiro atoms. The number of amides is 1. The van der Waals surface area contributed by atoms with Crippen LogP contribution in [0, 0.1) is 0 Å². The molecule has 3 aromatic rings. The van der Waals surface area contributed by atoms with Crippen LogP contribution >= 0.6 is 11.8 Å². The Morgan fingerprint density at radius 1 is 1.19 bits per heavy atom. The van der Waals surface area contributed by atoms with Crippen molar-refractivity contribution in [1.82, 2.24) is 14.9 Å². The van der Waals surface area contributed by atoms with Crippen molar-refractivity contribution in [2.75, 3.05) is 12.8 Å². The Morgan fingerprint density at radius 3 is 2.52 bits per heavy atom. The number of benzene rings is 2. The highest BCUT2D eigenvalue weighted by Gasteiger charge is 2.15. The van der Waals surface area contributed by atoms with Crippen molar-refractivity contribution in [1.29, 1.82) is 0 Å². The fourth-order valence-corrected chi connectivity index (χ4v) is 3.34. The third-order valence-electron chi connectivity index (χ3n) is 3.73. The van der Waals surface area contributed by atoms with E-state index in [9.17, 15) is 13.6 Å². The van der Waals surface area contributed by atoms with Crippen LogP contribution in [0.5, 0.6) is 5.75 Å². The van der Waals surface area contributed by atoms with Gasteiger partial charge >= 0.3 is 6.61 Å². The zero-order chi connectivity index (χ0) is 19.2. The van der Waals surface area contributed by atoms with E-state index in [1.165, 1.54) is 23.9 Å². The molecule has 0 aliphatic heterocycles. The minimum Gasteiger partial charge on any atom is -0.435 e. The number of alkyl halides is 2. The Labute approximate surface area is 159 Å². The first kappa shape index (κ1) is 18.9. The van der Waals surface area contributed by atoms with Crippen molar-refractivity contribution in [2.45, 2.75) is 11.8 Å². The molecule has 140 valence electrons. The van der Waals surface area contributed by atoms with Gasteiger partial charge < -0.3 is 10.1 Å². The van der Waals surface area contributed by atoms with Gasteiger partial charge in [0.05, 0.1) is 17.6 Å². The maximum absolute atomic E-state index is 12.4. The summed E-state index contributed by atoms with van der Waals surface area (Å²) in [6.45, 7) is -2.87. The molecule has 27 heavy (non-hydrogen) atoms. The van der Waals surface area contributed by atoms with Crippen molar-refractivity contribution < 1.29 is 18.3 Å². The highest BCUT2D eigenvalue weighted by molar-refractivity contribution is 7.99. The van der Waals surface area contributed by atoms with Crippen molar-refractivity contribution in [3.63, 3.8) is 0 Å². The van der Waals surface area contributed by atoms with Crippen LogP contribution in [-0.2, 0) is 4.79 Å². The zero-order valence-electron chi connectivity index (χ0n) is 14.4. The van der Waals surface area contributed by atoms with Gasteiger partial charge in [-0.05, 0) is 24.3 Å². The van der Waals surface area contributed by atoms with Crippen molar-refractivity contribution in [3.05, 3.63) is 60.8 Å². The molecule has 0 fully saturated rings. The van der Waals surface area contributed by atoms with E-state index in [4.69, 9.17) is 0 Å². The molecular weight excluding hydrogens is 372 g/mol. The number of nitrogens with zero attached hydrogens (tertiary/aromatic N) is 2. The number of rotatable bonds is 7. The number of carbonyl (C=O) groups is 1. The van der Waals surface area contributed by atoms with Crippen LogP contribution in [0.3, 0.4) is 0 Å². The van der Waals surface area contributed by atoms with E-state index in [0.717, 1.165) is 16.9 Å². The van der Waals surface area contributed by atoms with Crippen molar-refractivity contribution >= 4 is 17.7 Å². The molecule has 3 rings (SSSR count). The molecule has 1 aromatic heterocycles. The summed E-state index contributed by atoms with van der Waals surface area (Å²) in [7, 11) is 1.58. The maximum atomic E-state index is 12.4. The Bertz CT molecular complexity index is 899. The lowest BCUT2D eigenvalue weighted by Gasteiger charge is -2.13. The average molecular weight is 389 g/mol. The third-order valence-corrected chi connectivity index (χ3v) is 4.68. The number of hydrogen-bond donors (Lipinski definition) is 1. The second-order valence-electron chi connectivity index (χ2n) is 5.46. The van der Waals surface area contributed by atoms with Crippen LogP contribution in [0.2, 0.25) is 0 Å². The van der Waals surface area contributed by atoms with Gasteiger partial charge in [0, 0.05) is 18.3 Å². The molecule has 0 aliphatic carbocycles. The molecule has 0 aliphatic rings. The summed E-state index contributed by atoms with van der Waals surface area (Å²) in [5.74, 6) is 0.181. The quantitative estimate of drug-likeness (QED) is 0.621. The molecular formula is C19H17F2N3O2S. The molecule has 8 heteroatoms. The van der Waals surface area contributed by atoms with Gasteiger partial charge in [-0.15, -0.1) is 0 Å². The van der Waals surface area contributed by atoms with Crippen molar-refractivity contribution in [2.24, 2.45) is 0 Å². The SMILES string of the molecule is CNC(=O)CSc1ncc(-c2ccccc2)n1-c1ccc(OC(F)F)cc1. The minimum atomic E-state index is -2.87. The highest BCUT2D eigenvalue weighted by atomic mass is 32.2. The van der Waals surface area contributed by atoms with Gasteiger partial charge in [0.1, 0.15) is 5.75 Å². The second-order valence-corrected chi connectivity index (χ2v) is 6.40. The minimum absolute atomic E-state index is 0.0784. The molecule has 0 bridgehead atoms. The molecule has 2 aromatic carbocycles. The average Bonchev–Trinajstić information content (AvgIpc) is 3.11. The normalized spacial score (nSPS) is 10.8. The summed E-state index contributed by atoms with van der Waals surface area (Å²) in [5.41, 5.74) is 2.51. The van der Waals surface area contributed by atoms with Crippen LogP contribution in [0.25, 0.3) is 16.9 Å². The number of thioether (sulfide) groups is 1. The van der Waals surface area contributed by atoms with Gasteiger partial charge in [0.2, 0.25) is 5.91 Å². The molecule has 1 N–H and O–H groups in total. The van der Waals surface area contributed by atoms with Gasteiger partial charge in [-0.3, -0.25) is 9.36 Å². The number of aromatic nitrogens is 2. The Kier molecular flexibility index (Phi) is 6.08. The van der Waals surface area contributed by atoms with E-state index >= 15 is 0 Å². The first-order valence-corrected chi connectivity index (χ1v) is 9.09. The van der Waals surface area contributed by atoms with Crippen LogP contribution in [0.15, 0.2) is 66.0 Å². The van der Waals surface area contributed by atoms with Crippen LogP contribution < -0.4 is 10.1 Å².